The summed E-state index contributed by atoms with van der Waals surface area (Å²) in [6.07, 6.45) is 8.71. The van der Waals surface area contributed by atoms with E-state index in [0.717, 1.165) is 82.1 Å². The number of aliphatic hydroxyl groups is 1. The molecule has 1 unspecified atom stereocenters. The van der Waals surface area contributed by atoms with Crippen molar-refractivity contribution in [1.82, 2.24) is 24.3 Å². The van der Waals surface area contributed by atoms with E-state index in [1.54, 1.807) is 11.6 Å². The van der Waals surface area contributed by atoms with Gasteiger partial charge in [-0.15, -0.1) is 0 Å². The van der Waals surface area contributed by atoms with Gasteiger partial charge in [-0.05, 0) is 75.0 Å². The molecule has 39 heavy (non-hydrogen) atoms. The average molecular weight is 540 g/mol. The maximum absolute atomic E-state index is 13.0. The van der Waals surface area contributed by atoms with Gasteiger partial charge in [0.25, 0.3) is 0 Å². The van der Waals surface area contributed by atoms with E-state index in [0.29, 0.717) is 30.4 Å². The number of aromatic nitrogens is 2. The molecule has 2 saturated heterocycles. The van der Waals surface area contributed by atoms with Gasteiger partial charge in [-0.3, -0.25) is 33.7 Å². The summed E-state index contributed by atoms with van der Waals surface area (Å²) in [7, 11) is 1.72. The SMILES string of the molecule is Cn1c(=O)n(C2CCC(=O)NC2=O)c2ccc(CCCCCN3CCN([C@H]4CC[C@H](CO)CC4)CC3=O)cc21. The Morgan fingerprint density at radius 3 is 2.46 bits per heavy atom. The fraction of sp³-hybridized carbons (Fsp3) is 0.655. The number of fused-ring (bicyclic) bond motifs is 1. The topological polar surface area (TPSA) is 117 Å². The van der Waals surface area contributed by atoms with E-state index in [-0.39, 0.29) is 30.5 Å². The first-order valence-electron chi connectivity index (χ1n) is 14.5. The molecule has 1 atom stereocenters. The highest BCUT2D eigenvalue weighted by molar-refractivity contribution is 6.00. The molecule has 3 heterocycles. The number of aliphatic hydroxyl groups excluding tert-OH is 1. The lowest BCUT2D eigenvalue weighted by atomic mass is 9.85. The highest BCUT2D eigenvalue weighted by Gasteiger charge is 2.32. The van der Waals surface area contributed by atoms with Gasteiger partial charge in [0.15, 0.2) is 0 Å². The van der Waals surface area contributed by atoms with Crippen molar-refractivity contribution >= 4 is 28.8 Å². The van der Waals surface area contributed by atoms with Crippen LogP contribution in [0.4, 0.5) is 0 Å². The molecule has 1 aromatic heterocycles. The Morgan fingerprint density at radius 1 is 0.949 bits per heavy atom. The number of hydrogen-bond donors (Lipinski definition) is 2. The second-order valence-corrected chi connectivity index (χ2v) is 11.5. The van der Waals surface area contributed by atoms with E-state index in [1.165, 1.54) is 4.57 Å². The minimum absolute atomic E-state index is 0.227. The third-order valence-electron chi connectivity index (χ3n) is 9.01. The lowest BCUT2D eigenvalue weighted by molar-refractivity contribution is -0.138. The molecule has 0 radical (unpaired) electrons. The Kier molecular flexibility index (Phi) is 8.52. The van der Waals surface area contributed by atoms with Gasteiger partial charge in [-0.1, -0.05) is 12.5 Å². The molecular formula is C29H41N5O5. The van der Waals surface area contributed by atoms with Crippen LogP contribution in [0.5, 0.6) is 0 Å². The zero-order chi connectivity index (χ0) is 27.5. The van der Waals surface area contributed by atoms with Gasteiger partial charge in [-0.2, -0.15) is 0 Å². The van der Waals surface area contributed by atoms with Gasteiger partial charge in [-0.25, -0.2) is 4.79 Å². The van der Waals surface area contributed by atoms with Gasteiger partial charge in [0.2, 0.25) is 17.7 Å². The Morgan fingerprint density at radius 2 is 1.74 bits per heavy atom. The van der Waals surface area contributed by atoms with Gasteiger partial charge in [0.1, 0.15) is 6.04 Å². The molecule has 0 spiro atoms. The van der Waals surface area contributed by atoms with Gasteiger partial charge in [0, 0.05) is 45.8 Å². The molecule has 0 bridgehead atoms. The van der Waals surface area contributed by atoms with Crippen LogP contribution in [0.15, 0.2) is 23.0 Å². The van der Waals surface area contributed by atoms with Crippen LogP contribution in [-0.4, -0.2) is 80.6 Å². The largest absolute Gasteiger partial charge is 0.396 e. The number of unbranched alkanes of at least 4 members (excludes halogenated alkanes) is 2. The number of carbonyl (C=O) groups is 3. The molecule has 5 rings (SSSR count). The Bertz CT molecular complexity index is 1270. The molecular weight excluding hydrogens is 498 g/mol. The first-order chi connectivity index (χ1) is 18.9. The number of aryl methyl sites for hydroxylation is 2. The number of carbonyl (C=O) groups excluding carboxylic acids is 3. The number of amides is 3. The molecule has 3 aliphatic rings. The number of imidazole rings is 1. The number of hydrogen-bond acceptors (Lipinski definition) is 6. The third-order valence-corrected chi connectivity index (χ3v) is 9.01. The number of nitrogens with one attached hydrogen (secondary N) is 1. The molecule has 1 aliphatic carbocycles. The van der Waals surface area contributed by atoms with Crippen molar-refractivity contribution in [2.45, 2.75) is 76.3 Å². The zero-order valence-electron chi connectivity index (χ0n) is 22.9. The summed E-state index contributed by atoms with van der Waals surface area (Å²) >= 11 is 0. The van der Waals surface area contributed by atoms with E-state index in [2.05, 4.69) is 10.2 Å². The Labute approximate surface area is 228 Å². The zero-order valence-corrected chi connectivity index (χ0v) is 22.9. The van der Waals surface area contributed by atoms with Crippen molar-refractivity contribution in [2.24, 2.45) is 13.0 Å². The minimum Gasteiger partial charge on any atom is -0.396 e. The van der Waals surface area contributed by atoms with E-state index < -0.39 is 11.9 Å². The predicted molar refractivity (Wildman–Crippen MR) is 147 cm³/mol. The summed E-state index contributed by atoms with van der Waals surface area (Å²) in [6, 6.07) is 5.76. The first kappa shape index (κ1) is 27.6. The van der Waals surface area contributed by atoms with Crippen LogP contribution >= 0.6 is 0 Å². The minimum atomic E-state index is -0.671. The molecule has 1 saturated carbocycles. The second-order valence-electron chi connectivity index (χ2n) is 11.5. The summed E-state index contributed by atoms with van der Waals surface area (Å²) in [6.45, 7) is 3.34. The van der Waals surface area contributed by atoms with Crippen molar-refractivity contribution in [2.75, 3.05) is 32.8 Å². The number of nitrogens with zero attached hydrogens (tertiary/aromatic N) is 4. The molecule has 3 fully saturated rings. The quantitative estimate of drug-likeness (QED) is 0.370. The van der Waals surface area contributed by atoms with Gasteiger partial charge < -0.3 is 10.0 Å². The van der Waals surface area contributed by atoms with Crippen LogP contribution in [0.2, 0.25) is 0 Å². The van der Waals surface area contributed by atoms with Crippen LogP contribution in [0, 0.1) is 5.92 Å². The number of piperidine rings is 1. The summed E-state index contributed by atoms with van der Waals surface area (Å²) in [4.78, 5) is 54.0. The van der Waals surface area contributed by atoms with Crippen LogP contribution in [0.3, 0.4) is 0 Å². The fourth-order valence-electron chi connectivity index (χ4n) is 6.57. The second kappa shape index (κ2) is 12.0. The summed E-state index contributed by atoms with van der Waals surface area (Å²) in [5, 5.41) is 11.7. The molecule has 3 amide bonds. The smallest absolute Gasteiger partial charge is 0.329 e. The molecule has 212 valence electrons. The number of benzene rings is 1. The summed E-state index contributed by atoms with van der Waals surface area (Å²) < 4.78 is 3.09. The normalized spacial score (nSPS) is 24.9. The van der Waals surface area contributed by atoms with Crippen molar-refractivity contribution in [3.63, 3.8) is 0 Å². The molecule has 10 nitrogen and oxygen atoms in total. The summed E-state index contributed by atoms with van der Waals surface area (Å²) in [5.41, 5.74) is 2.38. The van der Waals surface area contributed by atoms with Crippen LogP contribution in [-0.2, 0) is 27.9 Å². The molecule has 2 aliphatic heterocycles. The first-order valence-corrected chi connectivity index (χ1v) is 14.5. The van der Waals surface area contributed by atoms with Crippen LogP contribution in [0.25, 0.3) is 11.0 Å². The highest BCUT2D eigenvalue weighted by Crippen LogP contribution is 2.28. The predicted octanol–water partition coefficient (Wildman–Crippen LogP) is 1.73. The van der Waals surface area contributed by atoms with Crippen LogP contribution < -0.4 is 11.0 Å². The van der Waals surface area contributed by atoms with Crippen molar-refractivity contribution in [3.8, 4) is 0 Å². The molecule has 2 aromatic rings. The van der Waals surface area contributed by atoms with Crippen molar-refractivity contribution in [3.05, 3.63) is 34.2 Å². The van der Waals surface area contributed by atoms with Crippen molar-refractivity contribution in [1.29, 1.82) is 0 Å². The van der Waals surface area contributed by atoms with E-state index in [9.17, 15) is 24.3 Å². The lowest BCUT2D eigenvalue weighted by Gasteiger charge is -2.41. The van der Waals surface area contributed by atoms with E-state index in [4.69, 9.17) is 0 Å². The maximum Gasteiger partial charge on any atom is 0.329 e. The van der Waals surface area contributed by atoms with Crippen molar-refractivity contribution < 1.29 is 19.5 Å². The highest BCUT2D eigenvalue weighted by atomic mass is 16.3. The maximum atomic E-state index is 13.0. The average Bonchev–Trinajstić information content (AvgIpc) is 3.18. The van der Waals surface area contributed by atoms with Crippen LogP contribution in [0.1, 0.15) is 69.4 Å². The Hall–Kier alpha value is -2.98. The standard InChI is InChI=1S/C29H41N5O5/c1-31-25-17-20(8-11-23(25)34(29(31)39)24-12-13-26(36)30-28(24)38)5-3-2-4-14-32-15-16-33(18-27(32)37)22-9-6-21(19-35)7-10-22/h8,11,17,21-22,24,35H,2-7,9-10,12-16,18-19H2,1H3,(H,30,36,38)/t21-,22-,24?. The summed E-state index contributed by atoms with van der Waals surface area (Å²) in [5.74, 6) is -0.0473. The third kappa shape index (κ3) is 5.96. The lowest BCUT2D eigenvalue weighted by Crippen LogP contribution is -2.54. The number of rotatable bonds is 9. The molecule has 1 aromatic carbocycles. The van der Waals surface area contributed by atoms with Gasteiger partial charge in [0.05, 0.1) is 17.6 Å². The van der Waals surface area contributed by atoms with E-state index >= 15 is 0 Å². The molecule has 10 heteroatoms. The Balaban J connectivity index is 1.09. The number of piperazine rings is 1. The van der Waals surface area contributed by atoms with E-state index in [1.807, 2.05) is 23.1 Å². The van der Waals surface area contributed by atoms with Gasteiger partial charge >= 0.3 is 5.69 Å². The fourth-order valence-corrected chi connectivity index (χ4v) is 6.57. The monoisotopic (exact) mass is 539 g/mol. The number of imide groups is 1. The molecule has 2 N–H and O–H groups in total.